The van der Waals surface area contributed by atoms with E-state index in [0.29, 0.717) is 0 Å². The fourth-order valence-electron chi connectivity index (χ4n) is 2.31. The molecule has 2 aliphatic rings. The van der Waals surface area contributed by atoms with Crippen molar-refractivity contribution in [3.63, 3.8) is 0 Å². The molecule has 0 bridgehead atoms. The first-order chi connectivity index (χ1) is 7.39. The lowest BCUT2D eigenvalue weighted by Crippen LogP contribution is -2.38. The third-order valence-electron chi connectivity index (χ3n) is 3.69. The Bertz CT molecular complexity index is 345. The largest absolute Gasteiger partial charge is 0.316 e. The van der Waals surface area contributed by atoms with Gasteiger partial charge in [0.25, 0.3) is 0 Å². The van der Waals surface area contributed by atoms with Crippen LogP contribution in [-0.4, -0.2) is 33.3 Å². The summed E-state index contributed by atoms with van der Waals surface area (Å²) in [5, 5.41) is 3.25. The van der Waals surface area contributed by atoms with E-state index < -0.39 is 10.0 Å². The van der Waals surface area contributed by atoms with Gasteiger partial charge in [-0.25, -0.2) is 13.1 Å². The zero-order valence-electron chi connectivity index (χ0n) is 10.1. The summed E-state index contributed by atoms with van der Waals surface area (Å²) in [6.07, 6.45) is 3.09. The molecule has 4 nitrogen and oxygen atoms in total. The summed E-state index contributed by atoms with van der Waals surface area (Å²) in [6.45, 7) is 6.07. The number of nitrogens with one attached hydrogen (secondary N) is 2. The average molecular weight is 246 g/mol. The Morgan fingerprint density at radius 3 is 2.62 bits per heavy atom. The van der Waals surface area contributed by atoms with E-state index in [2.05, 4.69) is 23.9 Å². The van der Waals surface area contributed by atoms with Gasteiger partial charge in [-0.05, 0) is 43.7 Å². The van der Waals surface area contributed by atoms with E-state index >= 15 is 0 Å². The molecule has 2 fully saturated rings. The standard InChI is InChI=1S/C11H22N2O2S/c1-11(2)6-10(11)13-16(14,15)8-9-4-3-5-12-7-9/h9-10,12-13H,3-8H2,1-2H3. The Hall–Kier alpha value is -0.130. The molecular formula is C11H22N2O2S. The zero-order valence-corrected chi connectivity index (χ0v) is 10.9. The molecule has 0 spiro atoms. The molecule has 1 saturated heterocycles. The summed E-state index contributed by atoms with van der Waals surface area (Å²) in [6, 6.07) is 0.161. The lowest BCUT2D eigenvalue weighted by molar-refractivity contribution is 0.402. The molecule has 2 unspecified atom stereocenters. The molecule has 1 aliphatic heterocycles. The summed E-state index contributed by atoms with van der Waals surface area (Å²) in [5.41, 5.74) is 0.165. The van der Waals surface area contributed by atoms with Crippen LogP contribution in [0.5, 0.6) is 0 Å². The van der Waals surface area contributed by atoms with Gasteiger partial charge in [0.2, 0.25) is 10.0 Å². The van der Waals surface area contributed by atoms with Gasteiger partial charge in [0.1, 0.15) is 0 Å². The Morgan fingerprint density at radius 1 is 1.44 bits per heavy atom. The van der Waals surface area contributed by atoms with Crippen molar-refractivity contribution < 1.29 is 8.42 Å². The van der Waals surface area contributed by atoms with E-state index in [1.165, 1.54) is 0 Å². The van der Waals surface area contributed by atoms with Crippen molar-refractivity contribution in [3.8, 4) is 0 Å². The van der Waals surface area contributed by atoms with Crippen LogP contribution in [0.15, 0.2) is 0 Å². The minimum Gasteiger partial charge on any atom is -0.316 e. The molecule has 1 saturated carbocycles. The van der Waals surface area contributed by atoms with Crippen molar-refractivity contribution in [2.24, 2.45) is 11.3 Å². The molecule has 0 aromatic rings. The van der Waals surface area contributed by atoms with Crippen molar-refractivity contribution in [1.29, 1.82) is 0 Å². The second-order valence-electron chi connectivity index (χ2n) is 5.86. The van der Waals surface area contributed by atoms with Crippen LogP contribution in [0.4, 0.5) is 0 Å². The van der Waals surface area contributed by atoms with Gasteiger partial charge in [-0.15, -0.1) is 0 Å². The molecule has 1 heterocycles. The number of hydrogen-bond donors (Lipinski definition) is 2. The predicted molar refractivity (Wildman–Crippen MR) is 64.7 cm³/mol. The Labute approximate surface area is 98.2 Å². The number of piperidine rings is 1. The van der Waals surface area contributed by atoms with Crippen LogP contribution in [0.1, 0.15) is 33.1 Å². The molecule has 0 aromatic heterocycles. The minimum absolute atomic E-state index is 0.161. The Kier molecular flexibility index (Phi) is 3.29. The molecule has 0 aromatic carbocycles. The second-order valence-corrected chi connectivity index (χ2v) is 7.66. The van der Waals surface area contributed by atoms with E-state index in [1.807, 2.05) is 0 Å². The summed E-state index contributed by atoms with van der Waals surface area (Å²) in [4.78, 5) is 0. The maximum atomic E-state index is 11.9. The zero-order chi connectivity index (χ0) is 11.8. The lowest BCUT2D eigenvalue weighted by atomic mass is 10.0. The topological polar surface area (TPSA) is 58.2 Å². The predicted octanol–water partition coefficient (Wildman–Crippen LogP) is 0.704. The molecule has 16 heavy (non-hydrogen) atoms. The van der Waals surface area contributed by atoms with Crippen LogP contribution in [-0.2, 0) is 10.0 Å². The molecule has 5 heteroatoms. The maximum Gasteiger partial charge on any atom is 0.212 e. The molecular weight excluding hydrogens is 224 g/mol. The van der Waals surface area contributed by atoms with Crippen molar-refractivity contribution in [2.75, 3.05) is 18.8 Å². The first kappa shape index (κ1) is 12.3. The third kappa shape index (κ3) is 3.18. The highest BCUT2D eigenvalue weighted by atomic mass is 32.2. The molecule has 2 N–H and O–H groups in total. The van der Waals surface area contributed by atoms with Crippen LogP contribution in [0.2, 0.25) is 0 Å². The van der Waals surface area contributed by atoms with Crippen molar-refractivity contribution in [3.05, 3.63) is 0 Å². The smallest absolute Gasteiger partial charge is 0.212 e. The van der Waals surface area contributed by atoms with Crippen molar-refractivity contribution in [2.45, 2.75) is 39.2 Å². The van der Waals surface area contributed by atoms with Crippen LogP contribution >= 0.6 is 0 Å². The summed E-state index contributed by atoms with van der Waals surface area (Å²) in [5.74, 6) is 0.570. The maximum absolute atomic E-state index is 11.9. The lowest BCUT2D eigenvalue weighted by Gasteiger charge is -2.22. The fraction of sp³-hybridized carbons (Fsp3) is 1.00. The first-order valence-electron chi connectivity index (χ1n) is 6.10. The van der Waals surface area contributed by atoms with Gasteiger partial charge in [0.15, 0.2) is 0 Å². The van der Waals surface area contributed by atoms with Crippen LogP contribution < -0.4 is 10.0 Å². The van der Waals surface area contributed by atoms with E-state index in [0.717, 1.165) is 32.4 Å². The quantitative estimate of drug-likeness (QED) is 0.768. The van der Waals surface area contributed by atoms with Gasteiger partial charge >= 0.3 is 0 Å². The van der Waals surface area contributed by atoms with E-state index in [9.17, 15) is 8.42 Å². The number of rotatable bonds is 4. The summed E-state index contributed by atoms with van der Waals surface area (Å²) < 4.78 is 26.6. The Balaban J connectivity index is 1.83. The fourth-order valence-corrected chi connectivity index (χ4v) is 4.15. The summed E-state index contributed by atoms with van der Waals surface area (Å²) in [7, 11) is -3.08. The highest BCUT2D eigenvalue weighted by molar-refractivity contribution is 7.89. The van der Waals surface area contributed by atoms with E-state index in [4.69, 9.17) is 0 Å². The molecule has 0 radical (unpaired) electrons. The highest BCUT2D eigenvalue weighted by Gasteiger charge is 2.47. The first-order valence-corrected chi connectivity index (χ1v) is 7.75. The average Bonchev–Trinajstić information content (AvgIpc) is 2.72. The SMILES string of the molecule is CC1(C)CC1NS(=O)(=O)CC1CCCNC1. The van der Waals surface area contributed by atoms with Crippen molar-refractivity contribution in [1.82, 2.24) is 10.0 Å². The van der Waals surface area contributed by atoms with E-state index in [-0.39, 0.29) is 23.1 Å². The second kappa shape index (κ2) is 4.27. The third-order valence-corrected chi connectivity index (χ3v) is 5.24. The van der Waals surface area contributed by atoms with Gasteiger partial charge in [-0.1, -0.05) is 13.8 Å². The van der Waals surface area contributed by atoms with Gasteiger partial charge in [0, 0.05) is 6.04 Å². The molecule has 2 rings (SSSR count). The number of hydrogen-bond acceptors (Lipinski definition) is 3. The molecule has 2 atom stereocenters. The van der Waals surface area contributed by atoms with Crippen LogP contribution in [0, 0.1) is 11.3 Å². The molecule has 94 valence electrons. The van der Waals surface area contributed by atoms with Crippen molar-refractivity contribution >= 4 is 10.0 Å². The Morgan fingerprint density at radius 2 is 2.12 bits per heavy atom. The number of sulfonamides is 1. The van der Waals surface area contributed by atoms with Gasteiger partial charge in [-0.3, -0.25) is 0 Å². The summed E-state index contributed by atoms with van der Waals surface area (Å²) >= 11 is 0. The van der Waals surface area contributed by atoms with E-state index in [1.54, 1.807) is 0 Å². The van der Waals surface area contributed by atoms with Gasteiger partial charge in [0.05, 0.1) is 5.75 Å². The molecule has 1 aliphatic carbocycles. The minimum atomic E-state index is -3.08. The van der Waals surface area contributed by atoms with Gasteiger partial charge < -0.3 is 5.32 Å². The molecule has 0 amide bonds. The van der Waals surface area contributed by atoms with Gasteiger partial charge in [-0.2, -0.15) is 0 Å². The highest BCUT2D eigenvalue weighted by Crippen LogP contribution is 2.45. The van der Waals surface area contributed by atoms with Crippen LogP contribution in [0.25, 0.3) is 0 Å². The van der Waals surface area contributed by atoms with Crippen LogP contribution in [0.3, 0.4) is 0 Å². The monoisotopic (exact) mass is 246 g/mol. The normalized spacial score (nSPS) is 33.6.